The van der Waals surface area contributed by atoms with E-state index in [2.05, 4.69) is 42.3 Å². The van der Waals surface area contributed by atoms with Crippen molar-refractivity contribution >= 4 is 11.9 Å². The highest BCUT2D eigenvalue weighted by Crippen LogP contribution is 2.37. The van der Waals surface area contributed by atoms with E-state index in [1.54, 1.807) is 14.2 Å². The topological polar surface area (TPSA) is 71.1 Å². The SMILES string of the molecule is COCCN1C(=O)N[C@@](Cc2cccc(OC)c2)(C2CCN(Cc3cc(C)ccc3C)CC2)C1=O. The van der Waals surface area contributed by atoms with Crippen molar-refractivity contribution in [3.63, 3.8) is 0 Å². The maximum atomic E-state index is 13.8. The lowest BCUT2D eigenvalue weighted by atomic mass is 9.73. The van der Waals surface area contributed by atoms with Gasteiger partial charge in [-0.2, -0.15) is 0 Å². The van der Waals surface area contributed by atoms with E-state index in [-0.39, 0.29) is 24.4 Å². The van der Waals surface area contributed by atoms with Crippen molar-refractivity contribution in [2.45, 2.75) is 45.2 Å². The summed E-state index contributed by atoms with van der Waals surface area (Å²) in [6, 6.07) is 14.0. The molecule has 0 unspecified atom stereocenters. The molecule has 0 spiro atoms. The molecule has 0 saturated carbocycles. The first kappa shape index (κ1) is 25.2. The van der Waals surface area contributed by atoms with E-state index < -0.39 is 5.54 Å². The molecule has 4 rings (SSSR count). The average Bonchev–Trinajstić information content (AvgIpc) is 3.10. The summed E-state index contributed by atoms with van der Waals surface area (Å²) < 4.78 is 10.6. The molecule has 7 heteroatoms. The number of methoxy groups -OCH3 is 2. The van der Waals surface area contributed by atoms with E-state index in [9.17, 15) is 9.59 Å². The van der Waals surface area contributed by atoms with E-state index >= 15 is 0 Å². The fraction of sp³-hybridized carbons (Fsp3) is 0.500. The summed E-state index contributed by atoms with van der Waals surface area (Å²) in [5.74, 6) is 0.650. The van der Waals surface area contributed by atoms with E-state index in [1.165, 1.54) is 21.6 Å². The number of imide groups is 1. The lowest BCUT2D eigenvalue weighted by Crippen LogP contribution is -2.57. The lowest BCUT2D eigenvalue weighted by Gasteiger charge is -2.41. The summed E-state index contributed by atoms with van der Waals surface area (Å²) in [6.07, 6.45) is 2.14. The Labute approximate surface area is 208 Å². The quantitative estimate of drug-likeness (QED) is 0.556. The van der Waals surface area contributed by atoms with Gasteiger partial charge in [-0.05, 0) is 74.5 Å². The van der Waals surface area contributed by atoms with Crippen molar-refractivity contribution in [3.8, 4) is 5.75 Å². The number of hydrogen-bond acceptors (Lipinski definition) is 5. The number of amides is 3. The zero-order valence-corrected chi connectivity index (χ0v) is 21.3. The molecule has 1 atom stereocenters. The maximum Gasteiger partial charge on any atom is 0.325 e. The fourth-order valence-corrected chi connectivity index (χ4v) is 5.47. The van der Waals surface area contributed by atoms with Crippen LogP contribution in [0.2, 0.25) is 0 Å². The predicted octanol–water partition coefficient (Wildman–Crippen LogP) is 3.70. The lowest BCUT2D eigenvalue weighted by molar-refractivity contribution is -0.134. The van der Waals surface area contributed by atoms with Crippen LogP contribution in [0, 0.1) is 19.8 Å². The smallest absolute Gasteiger partial charge is 0.325 e. The highest BCUT2D eigenvalue weighted by atomic mass is 16.5. The van der Waals surface area contributed by atoms with Crippen molar-refractivity contribution in [1.29, 1.82) is 0 Å². The van der Waals surface area contributed by atoms with Crippen LogP contribution in [0.3, 0.4) is 0 Å². The molecule has 2 heterocycles. The summed E-state index contributed by atoms with van der Waals surface area (Å²) >= 11 is 0. The number of likely N-dealkylation sites (tertiary alicyclic amines) is 1. The number of nitrogens with one attached hydrogen (secondary N) is 1. The van der Waals surface area contributed by atoms with Gasteiger partial charge in [0.2, 0.25) is 0 Å². The minimum Gasteiger partial charge on any atom is -0.497 e. The minimum absolute atomic E-state index is 0.0487. The van der Waals surface area contributed by atoms with Crippen LogP contribution in [0.1, 0.15) is 35.1 Å². The van der Waals surface area contributed by atoms with E-state index in [1.807, 2.05) is 24.3 Å². The Kier molecular flexibility index (Phi) is 7.77. The van der Waals surface area contributed by atoms with Gasteiger partial charge in [0, 0.05) is 20.1 Å². The summed E-state index contributed by atoms with van der Waals surface area (Å²) in [7, 11) is 3.21. The van der Waals surface area contributed by atoms with Gasteiger partial charge in [-0.3, -0.25) is 14.6 Å². The van der Waals surface area contributed by atoms with Gasteiger partial charge in [-0.15, -0.1) is 0 Å². The normalized spacial score (nSPS) is 21.4. The Morgan fingerprint density at radius 2 is 1.83 bits per heavy atom. The second-order valence-electron chi connectivity index (χ2n) is 9.86. The van der Waals surface area contributed by atoms with Crippen molar-refractivity contribution < 1.29 is 19.1 Å². The largest absolute Gasteiger partial charge is 0.497 e. The fourth-order valence-electron chi connectivity index (χ4n) is 5.47. The zero-order chi connectivity index (χ0) is 25.0. The molecule has 35 heavy (non-hydrogen) atoms. The van der Waals surface area contributed by atoms with Crippen molar-refractivity contribution in [3.05, 3.63) is 64.7 Å². The molecule has 2 saturated heterocycles. The van der Waals surface area contributed by atoms with Gasteiger partial charge >= 0.3 is 6.03 Å². The van der Waals surface area contributed by atoms with Gasteiger partial charge in [-0.25, -0.2) is 4.79 Å². The molecule has 2 aliphatic rings. The number of hydrogen-bond donors (Lipinski definition) is 1. The highest BCUT2D eigenvalue weighted by Gasteiger charge is 2.55. The number of carbonyl (C=O) groups excluding carboxylic acids is 2. The Hall–Kier alpha value is -2.90. The van der Waals surface area contributed by atoms with Crippen molar-refractivity contribution in [2.75, 3.05) is 40.5 Å². The van der Waals surface area contributed by atoms with Crippen LogP contribution in [0.25, 0.3) is 0 Å². The molecule has 0 radical (unpaired) electrons. The number of carbonyl (C=O) groups is 2. The Morgan fingerprint density at radius 3 is 2.54 bits per heavy atom. The number of nitrogens with zero attached hydrogens (tertiary/aromatic N) is 2. The molecule has 2 fully saturated rings. The summed E-state index contributed by atoms with van der Waals surface area (Å²) in [6.45, 7) is 7.55. The predicted molar refractivity (Wildman–Crippen MR) is 135 cm³/mol. The van der Waals surface area contributed by atoms with Gasteiger partial charge in [0.15, 0.2) is 0 Å². The Balaban J connectivity index is 1.54. The first-order valence-corrected chi connectivity index (χ1v) is 12.4. The van der Waals surface area contributed by atoms with Gasteiger partial charge in [0.1, 0.15) is 11.3 Å². The van der Waals surface area contributed by atoms with Crippen LogP contribution in [0.5, 0.6) is 5.75 Å². The maximum absolute atomic E-state index is 13.8. The molecule has 7 nitrogen and oxygen atoms in total. The summed E-state index contributed by atoms with van der Waals surface area (Å²) in [5.41, 5.74) is 3.95. The zero-order valence-electron chi connectivity index (χ0n) is 21.3. The molecule has 0 aliphatic carbocycles. The van der Waals surface area contributed by atoms with Gasteiger partial charge in [0.25, 0.3) is 5.91 Å². The van der Waals surface area contributed by atoms with E-state index in [0.717, 1.165) is 43.8 Å². The van der Waals surface area contributed by atoms with Crippen LogP contribution in [0.4, 0.5) is 4.79 Å². The van der Waals surface area contributed by atoms with Crippen molar-refractivity contribution in [1.82, 2.24) is 15.1 Å². The molecular weight excluding hydrogens is 442 g/mol. The molecule has 188 valence electrons. The van der Waals surface area contributed by atoms with E-state index in [4.69, 9.17) is 9.47 Å². The third kappa shape index (κ3) is 5.36. The number of aryl methyl sites for hydroxylation is 2. The number of piperidine rings is 1. The van der Waals surface area contributed by atoms with E-state index in [0.29, 0.717) is 13.0 Å². The standard InChI is InChI=1S/C28H37N3O4/c1-20-8-9-21(2)23(16-20)19-30-12-10-24(11-13-30)28(18-22-6-5-7-25(17-22)35-4)26(32)31(14-15-34-3)27(33)29-28/h5-9,16-17,24H,10-15,18-19H2,1-4H3,(H,29,33)/t28-/m0/s1. The third-order valence-corrected chi connectivity index (χ3v) is 7.52. The number of benzene rings is 2. The van der Waals surface area contributed by atoms with Crippen LogP contribution in [-0.2, 0) is 22.5 Å². The molecule has 2 aromatic rings. The van der Waals surface area contributed by atoms with Crippen LogP contribution in [0.15, 0.2) is 42.5 Å². The number of rotatable bonds is 9. The van der Waals surface area contributed by atoms with Gasteiger partial charge in [0.05, 0.1) is 20.3 Å². The molecule has 0 aromatic heterocycles. The van der Waals surface area contributed by atoms with Crippen LogP contribution >= 0.6 is 0 Å². The molecule has 1 N–H and O–H groups in total. The molecule has 3 amide bonds. The van der Waals surface area contributed by atoms with Crippen LogP contribution < -0.4 is 10.1 Å². The Bertz CT molecular complexity index is 1060. The second-order valence-corrected chi connectivity index (χ2v) is 9.86. The van der Waals surface area contributed by atoms with Gasteiger partial charge < -0.3 is 14.8 Å². The summed E-state index contributed by atoms with van der Waals surface area (Å²) in [5, 5.41) is 3.14. The first-order valence-electron chi connectivity index (χ1n) is 12.4. The first-order chi connectivity index (χ1) is 16.9. The second kappa shape index (κ2) is 10.8. The monoisotopic (exact) mass is 479 g/mol. The molecular formula is C28H37N3O4. The highest BCUT2D eigenvalue weighted by molar-refractivity contribution is 6.07. The molecule has 0 bridgehead atoms. The number of urea groups is 1. The number of ether oxygens (including phenoxy) is 2. The summed E-state index contributed by atoms with van der Waals surface area (Å²) in [4.78, 5) is 30.5. The average molecular weight is 480 g/mol. The third-order valence-electron chi connectivity index (χ3n) is 7.52. The Morgan fingerprint density at radius 1 is 1.06 bits per heavy atom. The van der Waals surface area contributed by atoms with Gasteiger partial charge in [-0.1, -0.05) is 35.9 Å². The van der Waals surface area contributed by atoms with Crippen LogP contribution in [-0.4, -0.2) is 67.7 Å². The minimum atomic E-state index is -0.956. The molecule has 2 aliphatic heterocycles. The van der Waals surface area contributed by atoms with Crippen molar-refractivity contribution in [2.24, 2.45) is 5.92 Å². The molecule has 2 aromatic carbocycles.